The maximum atomic E-state index is 11.9. The topological polar surface area (TPSA) is 9.23 Å². The zero-order valence-corrected chi connectivity index (χ0v) is 11.6. The molecule has 0 aliphatic heterocycles. The fourth-order valence-corrected chi connectivity index (χ4v) is 2.30. The Hall–Kier alpha value is -0.740. The average molecular weight is 295 g/mol. The lowest BCUT2D eigenvalue weighted by molar-refractivity contribution is -0.174. The number of rotatable bonds is 7. The summed E-state index contributed by atoms with van der Waals surface area (Å²) >= 11 is 5.94. The van der Waals surface area contributed by atoms with Crippen molar-refractivity contribution in [3.8, 4) is 0 Å². The summed E-state index contributed by atoms with van der Waals surface area (Å²) in [5.74, 6) is 0.627. The number of benzene rings is 1. The molecule has 0 spiro atoms. The van der Waals surface area contributed by atoms with Gasteiger partial charge in [0.25, 0.3) is 0 Å². The van der Waals surface area contributed by atoms with E-state index in [4.69, 9.17) is 11.6 Å². The monoisotopic (exact) mass is 294 g/mol. The minimum atomic E-state index is -4.25. The number of hydrogen-bond donors (Lipinski definition) is 0. The Bertz CT molecular complexity index is 379. The van der Waals surface area contributed by atoms with Crippen molar-refractivity contribution < 1.29 is 17.9 Å². The number of alkyl halides is 4. The van der Waals surface area contributed by atoms with E-state index in [1.807, 2.05) is 31.2 Å². The van der Waals surface area contributed by atoms with Crippen molar-refractivity contribution in [1.82, 2.24) is 0 Å². The summed E-state index contributed by atoms with van der Waals surface area (Å²) in [5, 5.41) is 0. The van der Waals surface area contributed by atoms with Crippen molar-refractivity contribution in [2.45, 2.75) is 31.9 Å². The second-order valence-corrected chi connectivity index (χ2v) is 4.83. The molecule has 0 aliphatic carbocycles. The Kier molecular flexibility index (Phi) is 6.66. The van der Waals surface area contributed by atoms with E-state index in [9.17, 15) is 13.2 Å². The normalized spacial score (nSPS) is 13.5. The van der Waals surface area contributed by atoms with Crippen molar-refractivity contribution in [3.05, 3.63) is 35.4 Å². The second kappa shape index (κ2) is 7.75. The van der Waals surface area contributed by atoms with Crippen LogP contribution >= 0.6 is 11.6 Å². The summed E-state index contributed by atoms with van der Waals surface area (Å²) in [6.45, 7) is 0.941. The molecular weight excluding hydrogens is 277 g/mol. The number of aryl methyl sites for hydroxylation is 1. The Balaban J connectivity index is 2.36. The molecule has 0 heterocycles. The molecule has 1 rings (SSSR count). The summed E-state index contributed by atoms with van der Waals surface area (Å²) in [7, 11) is 0. The van der Waals surface area contributed by atoms with Crippen LogP contribution in [0.25, 0.3) is 0 Å². The van der Waals surface area contributed by atoms with Crippen molar-refractivity contribution in [2.75, 3.05) is 19.1 Å². The van der Waals surface area contributed by atoms with Gasteiger partial charge in [0.1, 0.15) is 6.61 Å². The highest BCUT2D eigenvalue weighted by atomic mass is 35.5. The number of halogens is 4. The maximum Gasteiger partial charge on any atom is 0.411 e. The fourth-order valence-electron chi connectivity index (χ4n) is 1.98. The molecule has 0 aliphatic rings. The second-order valence-electron chi connectivity index (χ2n) is 4.52. The number of ether oxygens (including phenoxy) is 1. The van der Waals surface area contributed by atoms with Gasteiger partial charge < -0.3 is 4.74 Å². The van der Waals surface area contributed by atoms with Crippen LogP contribution in [0.4, 0.5) is 13.2 Å². The molecule has 0 N–H and O–H groups in total. The molecule has 0 amide bonds. The lowest BCUT2D eigenvalue weighted by atomic mass is 9.92. The van der Waals surface area contributed by atoms with Gasteiger partial charge in [-0.3, -0.25) is 0 Å². The molecule has 0 saturated carbocycles. The third-order valence-electron chi connectivity index (χ3n) is 2.92. The van der Waals surface area contributed by atoms with Crippen LogP contribution in [0.15, 0.2) is 24.3 Å². The first-order valence-electron chi connectivity index (χ1n) is 6.20. The molecule has 0 fully saturated rings. The molecule has 5 heteroatoms. The first kappa shape index (κ1) is 16.3. The summed E-state index contributed by atoms with van der Waals surface area (Å²) < 4.78 is 40.2. The van der Waals surface area contributed by atoms with Gasteiger partial charge >= 0.3 is 6.18 Å². The third-order valence-corrected chi connectivity index (χ3v) is 3.29. The van der Waals surface area contributed by atoms with E-state index in [-0.39, 0.29) is 12.5 Å². The SMILES string of the molecule is Cc1ccccc1C(CCl)CCCOCC(F)(F)F. The zero-order chi connectivity index (χ0) is 14.3. The van der Waals surface area contributed by atoms with Gasteiger partial charge in [0.15, 0.2) is 0 Å². The number of hydrogen-bond acceptors (Lipinski definition) is 1. The molecule has 0 aromatic heterocycles. The van der Waals surface area contributed by atoms with Gasteiger partial charge in [0.05, 0.1) is 0 Å². The molecule has 1 aromatic rings. The zero-order valence-electron chi connectivity index (χ0n) is 10.8. The minimum absolute atomic E-state index is 0.110. The van der Waals surface area contributed by atoms with Crippen LogP contribution in [0.1, 0.15) is 29.9 Å². The highest BCUT2D eigenvalue weighted by Crippen LogP contribution is 2.25. The molecule has 1 aromatic carbocycles. The van der Waals surface area contributed by atoms with Gasteiger partial charge in [0, 0.05) is 12.5 Å². The standard InChI is InChI=1S/C14H18ClF3O/c1-11-5-2-3-7-13(11)12(9-15)6-4-8-19-10-14(16,17)18/h2-3,5,7,12H,4,6,8-10H2,1H3. The van der Waals surface area contributed by atoms with Crippen molar-refractivity contribution in [3.63, 3.8) is 0 Å². The van der Waals surface area contributed by atoms with Crippen molar-refractivity contribution in [2.24, 2.45) is 0 Å². The lowest BCUT2D eigenvalue weighted by Crippen LogP contribution is -2.17. The molecule has 1 nitrogen and oxygen atoms in total. The van der Waals surface area contributed by atoms with E-state index in [0.29, 0.717) is 12.3 Å². The first-order chi connectivity index (χ1) is 8.94. The van der Waals surface area contributed by atoms with Crippen LogP contribution in [0.3, 0.4) is 0 Å². The molecule has 0 radical (unpaired) electrons. The lowest BCUT2D eigenvalue weighted by Gasteiger charge is -2.17. The Morgan fingerprint density at radius 1 is 1.26 bits per heavy atom. The van der Waals surface area contributed by atoms with Crippen LogP contribution in [0.5, 0.6) is 0 Å². The Morgan fingerprint density at radius 3 is 2.53 bits per heavy atom. The summed E-state index contributed by atoms with van der Waals surface area (Å²) in [5.41, 5.74) is 2.32. The molecule has 0 saturated heterocycles. The predicted molar refractivity (Wildman–Crippen MR) is 70.7 cm³/mol. The Labute approximate surface area is 116 Å². The van der Waals surface area contributed by atoms with E-state index in [1.54, 1.807) is 0 Å². The van der Waals surface area contributed by atoms with E-state index in [0.717, 1.165) is 17.5 Å². The fraction of sp³-hybridized carbons (Fsp3) is 0.571. The van der Waals surface area contributed by atoms with E-state index in [1.165, 1.54) is 0 Å². The molecule has 19 heavy (non-hydrogen) atoms. The summed E-state index contributed by atoms with van der Waals surface area (Å²) in [6, 6.07) is 7.92. The maximum absolute atomic E-state index is 11.9. The highest BCUT2D eigenvalue weighted by molar-refractivity contribution is 6.18. The van der Waals surface area contributed by atoms with Crippen LogP contribution in [0.2, 0.25) is 0 Å². The van der Waals surface area contributed by atoms with Crippen molar-refractivity contribution >= 4 is 11.6 Å². The first-order valence-corrected chi connectivity index (χ1v) is 6.73. The van der Waals surface area contributed by atoms with Crippen LogP contribution in [-0.4, -0.2) is 25.3 Å². The molecular formula is C14H18ClF3O. The van der Waals surface area contributed by atoms with Gasteiger partial charge in [-0.15, -0.1) is 11.6 Å². The largest absolute Gasteiger partial charge is 0.411 e. The van der Waals surface area contributed by atoms with Gasteiger partial charge in [-0.2, -0.15) is 13.2 Å². The van der Waals surface area contributed by atoms with Crippen LogP contribution < -0.4 is 0 Å². The molecule has 1 atom stereocenters. The summed E-state index contributed by atoms with van der Waals surface area (Å²) in [4.78, 5) is 0. The quantitative estimate of drug-likeness (QED) is 0.524. The van der Waals surface area contributed by atoms with Gasteiger partial charge in [-0.1, -0.05) is 24.3 Å². The van der Waals surface area contributed by atoms with Crippen LogP contribution in [-0.2, 0) is 4.74 Å². The van der Waals surface area contributed by atoms with Crippen molar-refractivity contribution in [1.29, 1.82) is 0 Å². The van der Waals surface area contributed by atoms with E-state index in [2.05, 4.69) is 4.74 Å². The van der Waals surface area contributed by atoms with E-state index < -0.39 is 12.8 Å². The third kappa shape index (κ3) is 6.30. The predicted octanol–water partition coefficient (Wildman–Crippen LogP) is 4.68. The van der Waals surface area contributed by atoms with Gasteiger partial charge in [0.2, 0.25) is 0 Å². The molecule has 108 valence electrons. The molecule has 0 bridgehead atoms. The van der Waals surface area contributed by atoms with E-state index >= 15 is 0 Å². The van der Waals surface area contributed by atoms with Gasteiger partial charge in [-0.05, 0) is 36.8 Å². The highest BCUT2D eigenvalue weighted by Gasteiger charge is 2.27. The minimum Gasteiger partial charge on any atom is -0.372 e. The average Bonchev–Trinajstić information content (AvgIpc) is 2.34. The van der Waals surface area contributed by atoms with Gasteiger partial charge in [-0.25, -0.2) is 0 Å². The smallest absolute Gasteiger partial charge is 0.372 e. The Morgan fingerprint density at radius 2 is 1.95 bits per heavy atom. The molecule has 1 unspecified atom stereocenters. The van der Waals surface area contributed by atoms with Crippen LogP contribution in [0, 0.1) is 6.92 Å². The summed E-state index contributed by atoms with van der Waals surface area (Å²) in [6.07, 6.45) is -2.95.